The molecule has 1 amide bonds. The zero-order chi connectivity index (χ0) is 18.2. The number of carbonyl (C=O) groups is 1. The van der Waals surface area contributed by atoms with E-state index >= 15 is 0 Å². The molecule has 0 saturated carbocycles. The summed E-state index contributed by atoms with van der Waals surface area (Å²) in [7, 11) is 3.19. The third-order valence-corrected chi connectivity index (χ3v) is 3.93. The second-order valence-electron chi connectivity index (χ2n) is 5.99. The van der Waals surface area contributed by atoms with Gasteiger partial charge >= 0.3 is 0 Å². The van der Waals surface area contributed by atoms with Crippen molar-refractivity contribution in [3.63, 3.8) is 0 Å². The van der Waals surface area contributed by atoms with Crippen LogP contribution in [0.3, 0.4) is 0 Å². The van der Waals surface area contributed by atoms with Crippen molar-refractivity contribution >= 4 is 12.0 Å². The number of methoxy groups -OCH3 is 2. The predicted molar refractivity (Wildman–Crippen MR) is 101 cm³/mol. The SMILES string of the molecule is COc1ccc(C=CC(=O)N(Cc2ccccc2)C(C)C)cc1OC. The van der Waals surface area contributed by atoms with E-state index in [9.17, 15) is 4.79 Å². The van der Waals surface area contributed by atoms with Crippen LogP contribution in [0.4, 0.5) is 0 Å². The molecule has 0 aromatic heterocycles. The molecule has 0 atom stereocenters. The summed E-state index contributed by atoms with van der Waals surface area (Å²) in [6.45, 7) is 4.63. The highest BCUT2D eigenvalue weighted by atomic mass is 16.5. The van der Waals surface area contributed by atoms with Crippen molar-refractivity contribution in [2.45, 2.75) is 26.4 Å². The fourth-order valence-electron chi connectivity index (χ4n) is 2.51. The topological polar surface area (TPSA) is 38.8 Å². The molecular weight excluding hydrogens is 314 g/mol. The predicted octanol–water partition coefficient (Wildman–Crippen LogP) is 4.15. The molecule has 0 unspecified atom stereocenters. The number of hydrogen-bond acceptors (Lipinski definition) is 3. The molecule has 2 aromatic carbocycles. The molecule has 0 aliphatic rings. The van der Waals surface area contributed by atoms with E-state index < -0.39 is 0 Å². The van der Waals surface area contributed by atoms with Gasteiger partial charge in [-0.15, -0.1) is 0 Å². The minimum Gasteiger partial charge on any atom is -0.493 e. The summed E-state index contributed by atoms with van der Waals surface area (Å²) >= 11 is 0. The Morgan fingerprint density at radius 3 is 2.32 bits per heavy atom. The molecule has 0 aliphatic carbocycles. The van der Waals surface area contributed by atoms with Crippen LogP contribution in [0.5, 0.6) is 11.5 Å². The molecule has 0 saturated heterocycles. The van der Waals surface area contributed by atoms with Crippen LogP contribution in [0, 0.1) is 0 Å². The molecule has 132 valence electrons. The van der Waals surface area contributed by atoms with Crippen LogP contribution in [0.1, 0.15) is 25.0 Å². The number of ether oxygens (including phenoxy) is 2. The van der Waals surface area contributed by atoms with Crippen molar-refractivity contribution in [1.82, 2.24) is 4.90 Å². The number of benzene rings is 2. The fraction of sp³-hybridized carbons (Fsp3) is 0.286. The van der Waals surface area contributed by atoms with E-state index in [1.807, 2.05) is 67.3 Å². The summed E-state index contributed by atoms with van der Waals surface area (Å²) in [6.07, 6.45) is 3.40. The lowest BCUT2D eigenvalue weighted by molar-refractivity contribution is -0.128. The first-order chi connectivity index (χ1) is 12.0. The lowest BCUT2D eigenvalue weighted by atomic mass is 10.1. The van der Waals surface area contributed by atoms with Gasteiger partial charge in [-0.2, -0.15) is 0 Å². The minimum absolute atomic E-state index is 0.0198. The lowest BCUT2D eigenvalue weighted by Gasteiger charge is -2.25. The Hall–Kier alpha value is -2.75. The molecule has 0 aliphatic heterocycles. The van der Waals surface area contributed by atoms with E-state index in [-0.39, 0.29) is 11.9 Å². The first kappa shape index (κ1) is 18.6. The highest BCUT2D eigenvalue weighted by molar-refractivity contribution is 5.92. The smallest absolute Gasteiger partial charge is 0.247 e. The Morgan fingerprint density at radius 2 is 1.72 bits per heavy atom. The molecule has 4 nitrogen and oxygen atoms in total. The molecule has 0 N–H and O–H groups in total. The van der Waals surface area contributed by atoms with Crippen molar-refractivity contribution in [3.8, 4) is 11.5 Å². The molecule has 0 bridgehead atoms. The summed E-state index contributed by atoms with van der Waals surface area (Å²) in [5.74, 6) is 1.29. The van der Waals surface area contributed by atoms with Gasteiger partial charge < -0.3 is 14.4 Å². The quantitative estimate of drug-likeness (QED) is 0.711. The maximum absolute atomic E-state index is 12.6. The van der Waals surface area contributed by atoms with Gasteiger partial charge in [0.25, 0.3) is 0 Å². The maximum Gasteiger partial charge on any atom is 0.247 e. The number of rotatable bonds is 7. The maximum atomic E-state index is 12.6. The van der Waals surface area contributed by atoms with Gasteiger partial charge in [-0.1, -0.05) is 36.4 Å². The van der Waals surface area contributed by atoms with Crippen LogP contribution in [0.15, 0.2) is 54.6 Å². The molecular formula is C21H25NO3. The van der Waals surface area contributed by atoms with Crippen LogP contribution in [0.2, 0.25) is 0 Å². The number of amides is 1. The molecule has 4 heteroatoms. The molecule has 25 heavy (non-hydrogen) atoms. The second-order valence-corrected chi connectivity index (χ2v) is 5.99. The largest absolute Gasteiger partial charge is 0.493 e. The van der Waals surface area contributed by atoms with Crippen molar-refractivity contribution in [2.24, 2.45) is 0 Å². The first-order valence-corrected chi connectivity index (χ1v) is 8.29. The van der Waals surface area contributed by atoms with Crippen LogP contribution in [-0.4, -0.2) is 31.1 Å². The fourth-order valence-corrected chi connectivity index (χ4v) is 2.51. The Morgan fingerprint density at radius 1 is 1.04 bits per heavy atom. The van der Waals surface area contributed by atoms with Gasteiger partial charge in [0.2, 0.25) is 5.91 Å². The van der Waals surface area contributed by atoms with Crippen molar-refractivity contribution < 1.29 is 14.3 Å². The van der Waals surface area contributed by atoms with Gasteiger partial charge in [0, 0.05) is 18.7 Å². The third-order valence-electron chi connectivity index (χ3n) is 3.93. The standard InChI is InChI=1S/C21H25NO3/c1-16(2)22(15-18-8-6-5-7-9-18)21(23)13-11-17-10-12-19(24-3)20(14-17)25-4/h5-14,16H,15H2,1-4H3. The Bertz CT molecular complexity index is 723. The van der Waals surface area contributed by atoms with Gasteiger partial charge in [0.15, 0.2) is 11.5 Å². The summed E-state index contributed by atoms with van der Waals surface area (Å²) in [4.78, 5) is 14.5. The molecule has 2 rings (SSSR count). The number of nitrogens with zero attached hydrogens (tertiary/aromatic N) is 1. The molecule has 0 heterocycles. The summed E-state index contributed by atoms with van der Waals surface area (Å²) in [5, 5.41) is 0. The van der Waals surface area contributed by atoms with E-state index in [1.54, 1.807) is 26.4 Å². The average Bonchev–Trinajstić information content (AvgIpc) is 2.64. The van der Waals surface area contributed by atoms with Gasteiger partial charge in [0.1, 0.15) is 0 Å². The summed E-state index contributed by atoms with van der Waals surface area (Å²) in [6, 6.07) is 15.7. The van der Waals surface area contributed by atoms with Gasteiger partial charge in [-0.05, 0) is 43.2 Å². The van der Waals surface area contributed by atoms with Crippen LogP contribution in [-0.2, 0) is 11.3 Å². The summed E-state index contributed by atoms with van der Waals surface area (Å²) in [5.41, 5.74) is 2.00. The lowest BCUT2D eigenvalue weighted by Crippen LogP contribution is -2.35. The highest BCUT2D eigenvalue weighted by Gasteiger charge is 2.14. The van der Waals surface area contributed by atoms with Crippen molar-refractivity contribution in [1.29, 1.82) is 0 Å². The number of hydrogen-bond donors (Lipinski definition) is 0. The van der Waals surface area contributed by atoms with Gasteiger partial charge in [-0.25, -0.2) is 0 Å². The third kappa shape index (κ3) is 5.11. The average molecular weight is 339 g/mol. The van der Waals surface area contributed by atoms with E-state index in [2.05, 4.69) is 0 Å². The normalized spacial score (nSPS) is 10.9. The van der Waals surface area contributed by atoms with Crippen molar-refractivity contribution in [2.75, 3.05) is 14.2 Å². The Balaban J connectivity index is 2.13. The molecule has 2 aromatic rings. The van der Waals surface area contributed by atoms with Gasteiger partial charge in [-0.3, -0.25) is 4.79 Å². The van der Waals surface area contributed by atoms with Crippen LogP contribution in [0.25, 0.3) is 6.08 Å². The molecule has 0 fully saturated rings. The van der Waals surface area contributed by atoms with Crippen LogP contribution < -0.4 is 9.47 Å². The van der Waals surface area contributed by atoms with E-state index in [1.165, 1.54) is 0 Å². The zero-order valence-electron chi connectivity index (χ0n) is 15.2. The van der Waals surface area contributed by atoms with E-state index in [0.717, 1.165) is 11.1 Å². The number of carbonyl (C=O) groups excluding carboxylic acids is 1. The Kier molecular flexibility index (Phi) is 6.63. The van der Waals surface area contributed by atoms with Gasteiger partial charge in [0.05, 0.1) is 14.2 Å². The van der Waals surface area contributed by atoms with Crippen molar-refractivity contribution in [3.05, 3.63) is 65.7 Å². The monoisotopic (exact) mass is 339 g/mol. The highest BCUT2D eigenvalue weighted by Crippen LogP contribution is 2.28. The first-order valence-electron chi connectivity index (χ1n) is 8.29. The van der Waals surface area contributed by atoms with Crippen LogP contribution >= 0.6 is 0 Å². The summed E-state index contributed by atoms with van der Waals surface area (Å²) < 4.78 is 10.5. The van der Waals surface area contributed by atoms with E-state index in [0.29, 0.717) is 18.0 Å². The van der Waals surface area contributed by atoms with E-state index in [4.69, 9.17) is 9.47 Å². The Labute approximate surface area is 149 Å². The molecule has 0 radical (unpaired) electrons. The molecule has 0 spiro atoms. The second kappa shape index (κ2) is 8.92. The minimum atomic E-state index is -0.0198. The zero-order valence-corrected chi connectivity index (χ0v) is 15.2.